The van der Waals surface area contributed by atoms with Crippen LogP contribution in [-0.4, -0.2) is 40.3 Å². The van der Waals surface area contributed by atoms with Crippen LogP contribution in [0.1, 0.15) is 37.9 Å². The Hall–Kier alpha value is -2.70. The summed E-state index contributed by atoms with van der Waals surface area (Å²) in [7, 11) is 1.84. The fourth-order valence-electron chi connectivity index (χ4n) is 3.39. The van der Waals surface area contributed by atoms with Gasteiger partial charge in [0.2, 0.25) is 0 Å². The summed E-state index contributed by atoms with van der Waals surface area (Å²) in [5.41, 5.74) is 1.62. The Labute approximate surface area is 147 Å². The van der Waals surface area contributed by atoms with Crippen molar-refractivity contribution >= 4 is 11.7 Å². The van der Waals surface area contributed by atoms with E-state index in [-0.39, 0.29) is 12.1 Å². The summed E-state index contributed by atoms with van der Waals surface area (Å²) in [6.07, 6.45) is 4.74. The van der Waals surface area contributed by atoms with Crippen LogP contribution in [0.3, 0.4) is 0 Å². The molecule has 1 atom stereocenters. The standard InChI is InChI=1S/C18H24N6O/c1-4-9-23-11(2)24(13-6-7-13)18(25)15-17(23)22-16(21-15)12-5-8-14(19-3)20-10-12/h5,8,10,13,16,21-22H,2,4,6-7,9H2,1,3H3,(H,19,20). The van der Waals surface area contributed by atoms with Gasteiger partial charge in [0.15, 0.2) is 0 Å². The molecule has 25 heavy (non-hydrogen) atoms. The van der Waals surface area contributed by atoms with Gasteiger partial charge in [-0.25, -0.2) is 4.98 Å². The third kappa shape index (κ3) is 2.59. The van der Waals surface area contributed by atoms with Crippen molar-refractivity contribution in [2.45, 2.75) is 38.4 Å². The molecule has 1 aromatic heterocycles. The maximum atomic E-state index is 13.0. The predicted octanol–water partition coefficient (Wildman–Crippen LogP) is 1.67. The molecule has 1 aliphatic carbocycles. The van der Waals surface area contributed by atoms with Gasteiger partial charge in [0, 0.05) is 31.4 Å². The molecule has 4 rings (SSSR count). The highest BCUT2D eigenvalue weighted by atomic mass is 16.2. The van der Waals surface area contributed by atoms with Crippen LogP contribution in [0.4, 0.5) is 5.82 Å². The summed E-state index contributed by atoms with van der Waals surface area (Å²) < 4.78 is 0. The van der Waals surface area contributed by atoms with E-state index in [9.17, 15) is 4.79 Å². The van der Waals surface area contributed by atoms with E-state index in [4.69, 9.17) is 0 Å². The van der Waals surface area contributed by atoms with Crippen molar-refractivity contribution in [2.75, 3.05) is 18.9 Å². The second-order valence-corrected chi connectivity index (χ2v) is 6.65. The van der Waals surface area contributed by atoms with Crippen molar-refractivity contribution in [1.82, 2.24) is 25.4 Å². The Bertz CT molecular complexity index is 736. The molecule has 2 aliphatic heterocycles. The number of carbonyl (C=O) groups excluding carboxylic acids is 1. The molecule has 1 saturated carbocycles. The number of hydrogen-bond donors (Lipinski definition) is 3. The molecule has 1 fully saturated rings. The fourth-order valence-corrected chi connectivity index (χ4v) is 3.39. The van der Waals surface area contributed by atoms with Crippen LogP contribution in [0, 0.1) is 0 Å². The third-order valence-electron chi connectivity index (χ3n) is 4.83. The molecule has 132 valence electrons. The quantitative estimate of drug-likeness (QED) is 0.757. The lowest BCUT2D eigenvalue weighted by Gasteiger charge is -2.38. The smallest absolute Gasteiger partial charge is 0.279 e. The number of amides is 1. The molecule has 0 spiro atoms. The predicted molar refractivity (Wildman–Crippen MR) is 95.8 cm³/mol. The molecule has 1 amide bonds. The third-order valence-corrected chi connectivity index (χ3v) is 4.83. The Morgan fingerprint density at radius 2 is 2.16 bits per heavy atom. The number of pyridine rings is 1. The lowest BCUT2D eigenvalue weighted by molar-refractivity contribution is -0.128. The van der Waals surface area contributed by atoms with Gasteiger partial charge in [-0.2, -0.15) is 0 Å². The van der Waals surface area contributed by atoms with Gasteiger partial charge in [0.1, 0.15) is 29.3 Å². The van der Waals surface area contributed by atoms with Crippen LogP contribution in [0.15, 0.2) is 42.2 Å². The van der Waals surface area contributed by atoms with Crippen LogP contribution in [0.2, 0.25) is 0 Å². The highest BCUT2D eigenvalue weighted by Crippen LogP contribution is 2.38. The molecule has 7 nitrogen and oxygen atoms in total. The molecule has 3 N–H and O–H groups in total. The van der Waals surface area contributed by atoms with Crippen molar-refractivity contribution in [2.24, 2.45) is 0 Å². The van der Waals surface area contributed by atoms with E-state index in [2.05, 4.69) is 39.3 Å². The molecule has 0 saturated heterocycles. The first kappa shape index (κ1) is 15.8. The van der Waals surface area contributed by atoms with Crippen molar-refractivity contribution < 1.29 is 4.79 Å². The Morgan fingerprint density at radius 3 is 2.76 bits per heavy atom. The molecule has 1 aromatic rings. The molecule has 7 heteroatoms. The van der Waals surface area contributed by atoms with Crippen LogP contribution < -0.4 is 16.0 Å². The van der Waals surface area contributed by atoms with E-state index in [1.165, 1.54) is 0 Å². The molecular weight excluding hydrogens is 316 g/mol. The Morgan fingerprint density at radius 1 is 1.36 bits per heavy atom. The first-order chi connectivity index (χ1) is 12.1. The van der Waals surface area contributed by atoms with E-state index in [1.807, 2.05) is 30.3 Å². The minimum atomic E-state index is -0.168. The Kier molecular flexibility index (Phi) is 3.78. The van der Waals surface area contributed by atoms with Crippen molar-refractivity contribution in [1.29, 1.82) is 0 Å². The molecule has 0 aromatic carbocycles. The topological polar surface area (TPSA) is 72.5 Å². The molecule has 1 unspecified atom stereocenters. The van der Waals surface area contributed by atoms with Gasteiger partial charge >= 0.3 is 0 Å². The summed E-state index contributed by atoms with van der Waals surface area (Å²) >= 11 is 0. The van der Waals surface area contributed by atoms with E-state index in [0.29, 0.717) is 11.7 Å². The molecule has 0 radical (unpaired) electrons. The van der Waals surface area contributed by atoms with Crippen LogP contribution in [0.5, 0.6) is 0 Å². The van der Waals surface area contributed by atoms with Crippen LogP contribution in [0.25, 0.3) is 0 Å². The number of aromatic nitrogens is 1. The van der Waals surface area contributed by atoms with Crippen LogP contribution >= 0.6 is 0 Å². The van der Waals surface area contributed by atoms with Crippen molar-refractivity contribution in [3.63, 3.8) is 0 Å². The molecule has 0 bridgehead atoms. The Balaban J connectivity index is 1.62. The normalized spacial score (nSPS) is 22.7. The van der Waals surface area contributed by atoms with Gasteiger partial charge in [-0.15, -0.1) is 0 Å². The average molecular weight is 340 g/mol. The van der Waals surface area contributed by atoms with Gasteiger partial charge in [-0.05, 0) is 31.4 Å². The number of nitrogens with one attached hydrogen (secondary N) is 3. The SMILES string of the molecule is C=C1N(CCC)C2=C(NC(c3ccc(NC)nc3)N2)C(=O)N1C1CC1. The van der Waals surface area contributed by atoms with Crippen molar-refractivity contribution in [3.8, 4) is 0 Å². The number of nitrogens with zero attached hydrogens (tertiary/aromatic N) is 3. The number of hydrogen-bond acceptors (Lipinski definition) is 6. The maximum Gasteiger partial charge on any atom is 0.279 e. The van der Waals surface area contributed by atoms with Gasteiger partial charge in [-0.1, -0.05) is 13.5 Å². The zero-order chi connectivity index (χ0) is 17.6. The monoisotopic (exact) mass is 340 g/mol. The average Bonchev–Trinajstić information content (AvgIpc) is 3.36. The summed E-state index contributed by atoms with van der Waals surface area (Å²) in [4.78, 5) is 21.3. The lowest BCUT2D eigenvalue weighted by Crippen LogP contribution is -2.47. The minimum absolute atomic E-state index is 0.0182. The van der Waals surface area contributed by atoms with Crippen molar-refractivity contribution in [3.05, 3.63) is 47.8 Å². The summed E-state index contributed by atoms with van der Waals surface area (Å²) in [6.45, 7) is 7.15. The zero-order valence-electron chi connectivity index (χ0n) is 14.7. The van der Waals surface area contributed by atoms with Gasteiger partial charge in [0.05, 0.1) is 0 Å². The number of carbonyl (C=O) groups is 1. The molecule has 3 aliphatic rings. The fraction of sp³-hybridized carbons (Fsp3) is 0.444. The maximum absolute atomic E-state index is 13.0. The highest BCUT2D eigenvalue weighted by Gasteiger charge is 2.45. The minimum Gasteiger partial charge on any atom is -0.373 e. The van der Waals surface area contributed by atoms with E-state index < -0.39 is 0 Å². The van der Waals surface area contributed by atoms with E-state index in [0.717, 1.165) is 48.8 Å². The van der Waals surface area contributed by atoms with Gasteiger partial charge in [-0.3, -0.25) is 9.69 Å². The summed E-state index contributed by atoms with van der Waals surface area (Å²) in [5, 5.41) is 9.81. The van der Waals surface area contributed by atoms with E-state index in [1.54, 1.807) is 0 Å². The van der Waals surface area contributed by atoms with Crippen LogP contribution in [-0.2, 0) is 4.79 Å². The summed E-state index contributed by atoms with van der Waals surface area (Å²) in [5.74, 6) is 2.45. The number of anilines is 1. The second kappa shape index (κ2) is 5.98. The second-order valence-electron chi connectivity index (χ2n) is 6.65. The van der Waals surface area contributed by atoms with Gasteiger partial charge < -0.3 is 20.9 Å². The highest BCUT2D eigenvalue weighted by molar-refractivity contribution is 5.96. The summed E-state index contributed by atoms with van der Waals surface area (Å²) in [6, 6.07) is 4.23. The van der Waals surface area contributed by atoms with Gasteiger partial charge in [0.25, 0.3) is 5.91 Å². The lowest BCUT2D eigenvalue weighted by atomic mass is 10.2. The zero-order valence-corrected chi connectivity index (χ0v) is 14.7. The molecular formula is C18H24N6O. The molecule has 3 heterocycles. The first-order valence-corrected chi connectivity index (χ1v) is 8.85. The largest absolute Gasteiger partial charge is 0.373 e. The first-order valence-electron chi connectivity index (χ1n) is 8.85. The van der Waals surface area contributed by atoms with E-state index >= 15 is 0 Å². The number of rotatable bonds is 5.